The number of carbonyl (C=O) groups excluding carboxylic acids is 2. The van der Waals surface area contributed by atoms with Gasteiger partial charge in [-0.3, -0.25) is 4.98 Å². The van der Waals surface area contributed by atoms with Crippen molar-refractivity contribution >= 4 is 23.8 Å². The number of hydrogen-bond acceptors (Lipinski definition) is 6. The molecular formula is C21H30FN3O4. The maximum atomic E-state index is 13.7. The first-order valence-corrected chi connectivity index (χ1v) is 9.92. The van der Waals surface area contributed by atoms with Gasteiger partial charge < -0.3 is 20.1 Å². The van der Waals surface area contributed by atoms with Gasteiger partial charge in [-0.25, -0.2) is 14.0 Å². The summed E-state index contributed by atoms with van der Waals surface area (Å²) in [6.45, 7) is 7.49. The fourth-order valence-electron chi connectivity index (χ4n) is 3.11. The largest absolute Gasteiger partial charge is 0.463 e. The zero-order chi connectivity index (χ0) is 21.4. The zero-order valence-electron chi connectivity index (χ0n) is 17.5. The Morgan fingerprint density at radius 3 is 2.52 bits per heavy atom. The molecule has 2 N–H and O–H groups in total. The van der Waals surface area contributed by atoms with E-state index in [1.807, 2.05) is 20.8 Å². The molecule has 1 amide bonds. The standard InChI is InChI=1S/C21H30FN3O4/c1-5-28-19(26)11-10-17-18(12-14(22)13-23-17)24-15-6-8-16(9-7-15)25-20(27)29-21(2,3)4/h10-13,15-16,24H,5-9H2,1-4H3,(H,25,27)/b11-10+. The van der Waals surface area contributed by atoms with Crippen LogP contribution in [0.5, 0.6) is 0 Å². The van der Waals surface area contributed by atoms with Gasteiger partial charge in [0.15, 0.2) is 0 Å². The smallest absolute Gasteiger partial charge is 0.407 e. The molecule has 0 aromatic carbocycles. The van der Waals surface area contributed by atoms with Gasteiger partial charge in [-0.15, -0.1) is 0 Å². The van der Waals surface area contributed by atoms with Crippen molar-refractivity contribution in [2.24, 2.45) is 0 Å². The van der Waals surface area contributed by atoms with Crippen LogP contribution in [0.1, 0.15) is 59.1 Å². The highest BCUT2D eigenvalue weighted by atomic mass is 19.1. The van der Waals surface area contributed by atoms with Crippen molar-refractivity contribution in [2.45, 2.75) is 71.1 Å². The molecule has 1 fully saturated rings. The molecule has 1 saturated carbocycles. The number of aromatic nitrogens is 1. The summed E-state index contributed by atoms with van der Waals surface area (Å²) in [4.78, 5) is 27.5. The molecule has 0 atom stereocenters. The maximum Gasteiger partial charge on any atom is 0.407 e. The third-order valence-corrected chi connectivity index (χ3v) is 4.36. The third kappa shape index (κ3) is 8.09. The van der Waals surface area contributed by atoms with E-state index in [0.717, 1.165) is 31.9 Å². The number of amides is 1. The zero-order valence-corrected chi connectivity index (χ0v) is 17.5. The SMILES string of the molecule is CCOC(=O)/C=C/c1ncc(F)cc1NC1CCC(NC(=O)OC(C)(C)C)CC1. The van der Waals surface area contributed by atoms with Gasteiger partial charge in [0.05, 0.1) is 24.2 Å². The van der Waals surface area contributed by atoms with Crippen molar-refractivity contribution in [3.8, 4) is 0 Å². The summed E-state index contributed by atoms with van der Waals surface area (Å²) in [5.74, 6) is -0.931. The molecule has 0 unspecified atom stereocenters. The molecule has 0 radical (unpaired) electrons. The minimum absolute atomic E-state index is 0.0525. The number of rotatable bonds is 6. The van der Waals surface area contributed by atoms with Crippen molar-refractivity contribution in [1.29, 1.82) is 0 Å². The van der Waals surface area contributed by atoms with Crippen LogP contribution >= 0.6 is 0 Å². The lowest BCUT2D eigenvalue weighted by atomic mass is 9.91. The second-order valence-electron chi connectivity index (χ2n) is 8.01. The number of anilines is 1. The summed E-state index contributed by atoms with van der Waals surface area (Å²) >= 11 is 0. The molecule has 8 heteroatoms. The second-order valence-corrected chi connectivity index (χ2v) is 8.01. The van der Waals surface area contributed by atoms with Crippen LogP contribution in [0.15, 0.2) is 18.3 Å². The molecule has 0 spiro atoms. The third-order valence-electron chi connectivity index (χ3n) is 4.36. The Morgan fingerprint density at radius 2 is 1.90 bits per heavy atom. The Kier molecular flexibility index (Phi) is 7.99. The monoisotopic (exact) mass is 407 g/mol. The van der Waals surface area contributed by atoms with Crippen LogP contribution in [-0.2, 0) is 14.3 Å². The number of halogens is 1. The van der Waals surface area contributed by atoms with Crippen LogP contribution in [0.3, 0.4) is 0 Å². The van der Waals surface area contributed by atoms with E-state index in [2.05, 4.69) is 15.6 Å². The van der Waals surface area contributed by atoms with Crippen LogP contribution in [-0.4, -0.2) is 41.3 Å². The Balaban J connectivity index is 1.92. The molecule has 1 aliphatic rings. The summed E-state index contributed by atoms with van der Waals surface area (Å²) in [5, 5.41) is 6.21. The average Bonchev–Trinajstić information content (AvgIpc) is 2.61. The molecule has 0 bridgehead atoms. The van der Waals surface area contributed by atoms with Gasteiger partial charge in [-0.1, -0.05) is 0 Å². The first-order valence-electron chi connectivity index (χ1n) is 9.92. The van der Waals surface area contributed by atoms with E-state index in [4.69, 9.17) is 9.47 Å². The topological polar surface area (TPSA) is 89.5 Å². The van der Waals surface area contributed by atoms with Crippen LogP contribution in [0.25, 0.3) is 6.08 Å². The number of alkyl carbamates (subject to hydrolysis) is 1. The summed E-state index contributed by atoms with van der Waals surface area (Å²) in [6.07, 6.45) is 6.66. The molecule has 7 nitrogen and oxygen atoms in total. The summed E-state index contributed by atoms with van der Waals surface area (Å²) in [7, 11) is 0. The highest BCUT2D eigenvalue weighted by Gasteiger charge is 2.25. The fourth-order valence-corrected chi connectivity index (χ4v) is 3.11. The molecule has 160 valence electrons. The number of nitrogens with zero attached hydrogens (tertiary/aromatic N) is 1. The number of carbonyl (C=O) groups is 2. The van der Waals surface area contributed by atoms with Crippen LogP contribution in [0.2, 0.25) is 0 Å². The molecule has 29 heavy (non-hydrogen) atoms. The Bertz CT molecular complexity index is 738. The summed E-state index contributed by atoms with van der Waals surface area (Å²) < 4.78 is 23.8. The Hall–Kier alpha value is -2.64. The molecule has 1 heterocycles. The van der Waals surface area contributed by atoms with E-state index in [9.17, 15) is 14.0 Å². The Morgan fingerprint density at radius 1 is 1.24 bits per heavy atom. The predicted octanol–water partition coefficient (Wildman–Crippen LogP) is 4.04. The van der Waals surface area contributed by atoms with Crippen molar-refractivity contribution in [1.82, 2.24) is 10.3 Å². The lowest BCUT2D eigenvalue weighted by Gasteiger charge is -2.31. The molecule has 1 aliphatic carbocycles. The normalized spacial score (nSPS) is 19.6. The number of esters is 1. The second kappa shape index (κ2) is 10.2. The average molecular weight is 407 g/mol. The maximum absolute atomic E-state index is 13.7. The van der Waals surface area contributed by atoms with E-state index < -0.39 is 23.5 Å². The van der Waals surface area contributed by atoms with Crippen molar-refractivity contribution < 1.29 is 23.5 Å². The van der Waals surface area contributed by atoms with E-state index in [1.165, 1.54) is 18.2 Å². The molecule has 1 aromatic rings. The van der Waals surface area contributed by atoms with Gasteiger partial charge >= 0.3 is 12.1 Å². The highest BCUT2D eigenvalue weighted by molar-refractivity contribution is 5.87. The van der Waals surface area contributed by atoms with E-state index in [-0.39, 0.29) is 18.7 Å². The number of ether oxygens (including phenoxy) is 2. The molecule has 0 saturated heterocycles. The highest BCUT2D eigenvalue weighted by Crippen LogP contribution is 2.25. The van der Waals surface area contributed by atoms with E-state index >= 15 is 0 Å². The van der Waals surface area contributed by atoms with Crippen molar-refractivity contribution in [2.75, 3.05) is 11.9 Å². The van der Waals surface area contributed by atoms with E-state index in [0.29, 0.717) is 11.4 Å². The van der Waals surface area contributed by atoms with Crippen LogP contribution < -0.4 is 10.6 Å². The van der Waals surface area contributed by atoms with Gasteiger partial charge in [-0.05, 0) is 59.5 Å². The molecule has 1 aromatic heterocycles. The minimum Gasteiger partial charge on any atom is -0.463 e. The van der Waals surface area contributed by atoms with Gasteiger partial charge in [-0.2, -0.15) is 0 Å². The molecular weight excluding hydrogens is 377 g/mol. The van der Waals surface area contributed by atoms with Gasteiger partial charge in [0.2, 0.25) is 0 Å². The first-order chi connectivity index (χ1) is 13.7. The lowest BCUT2D eigenvalue weighted by molar-refractivity contribution is -0.137. The number of nitrogens with one attached hydrogen (secondary N) is 2. The summed E-state index contributed by atoms with van der Waals surface area (Å²) in [5.41, 5.74) is 0.461. The number of hydrogen-bond donors (Lipinski definition) is 2. The van der Waals surface area contributed by atoms with Crippen molar-refractivity contribution in [3.63, 3.8) is 0 Å². The van der Waals surface area contributed by atoms with Crippen molar-refractivity contribution in [3.05, 3.63) is 29.9 Å². The molecule has 2 rings (SSSR count). The van der Waals surface area contributed by atoms with Gasteiger partial charge in [0, 0.05) is 24.2 Å². The fraction of sp³-hybridized carbons (Fsp3) is 0.571. The summed E-state index contributed by atoms with van der Waals surface area (Å²) in [6, 6.07) is 1.53. The minimum atomic E-state index is -0.527. The first kappa shape index (κ1) is 22.6. The Labute approximate surface area is 171 Å². The predicted molar refractivity (Wildman–Crippen MR) is 109 cm³/mol. The van der Waals surface area contributed by atoms with Crippen LogP contribution in [0.4, 0.5) is 14.9 Å². The molecule has 0 aliphatic heterocycles. The van der Waals surface area contributed by atoms with E-state index in [1.54, 1.807) is 6.92 Å². The van der Waals surface area contributed by atoms with Gasteiger partial charge in [0.25, 0.3) is 0 Å². The number of pyridine rings is 1. The quantitative estimate of drug-likeness (QED) is 0.546. The van der Waals surface area contributed by atoms with Gasteiger partial charge in [0.1, 0.15) is 11.4 Å². The van der Waals surface area contributed by atoms with Crippen LogP contribution in [0, 0.1) is 5.82 Å². The lowest BCUT2D eigenvalue weighted by Crippen LogP contribution is -2.42.